The number of aromatic amines is 1. The number of nitrogens with two attached hydrogens (primary N) is 2. The van der Waals surface area contributed by atoms with Gasteiger partial charge in [0.2, 0.25) is 5.95 Å². The first-order valence-corrected chi connectivity index (χ1v) is 7.22. The first kappa shape index (κ1) is 17.1. The molecule has 0 aromatic carbocycles. The molecule has 0 saturated heterocycles. The van der Waals surface area contributed by atoms with Crippen molar-refractivity contribution in [3.63, 3.8) is 0 Å². The lowest BCUT2D eigenvalue weighted by Crippen LogP contribution is -2.26. The molecule has 7 nitrogen and oxygen atoms in total. The summed E-state index contributed by atoms with van der Waals surface area (Å²) in [4.78, 5) is 15.8. The van der Waals surface area contributed by atoms with E-state index in [2.05, 4.69) is 32.2 Å². The molecular formula is C15H20ClN7. The van der Waals surface area contributed by atoms with Crippen molar-refractivity contribution in [3.8, 4) is 11.3 Å². The molecule has 3 aromatic heterocycles. The maximum Gasteiger partial charge on any atom is 0.220 e. The van der Waals surface area contributed by atoms with Crippen molar-refractivity contribution >= 4 is 29.4 Å². The van der Waals surface area contributed by atoms with E-state index in [0.717, 1.165) is 34.4 Å². The number of hydrogen-bond donors (Lipinski definition) is 4. The molecule has 0 amide bonds. The predicted octanol–water partition coefficient (Wildman–Crippen LogP) is 1.63. The van der Waals surface area contributed by atoms with Gasteiger partial charge in [-0.05, 0) is 24.2 Å². The molecule has 0 aliphatic heterocycles. The van der Waals surface area contributed by atoms with Gasteiger partial charge in [0.15, 0.2) is 0 Å². The van der Waals surface area contributed by atoms with E-state index in [1.165, 1.54) is 0 Å². The number of nitrogens with zero attached hydrogens (tertiary/aromatic N) is 3. The number of likely N-dealkylation sites (N-methyl/N-ethyl adjacent to an activating group) is 1. The summed E-state index contributed by atoms with van der Waals surface area (Å²) in [6.07, 6.45) is 5.28. The van der Waals surface area contributed by atoms with Crippen LogP contribution in [0, 0.1) is 0 Å². The summed E-state index contributed by atoms with van der Waals surface area (Å²) in [5.41, 5.74) is 15.5. The zero-order valence-corrected chi connectivity index (χ0v) is 13.6. The maximum absolute atomic E-state index is 6.32. The van der Waals surface area contributed by atoms with Gasteiger partial charge in [-0.15, -0.1) is 12.4 Å². The van der Waals surface area contributed by atoms with Crippen LogP contribution in [-0.4, -0.2) is 33.0 Å². The summed E-state index contributed by atoms with van der Waals surface area (Å²) >= 11 is 0. The molecule has 0 aliphatic rings. The molecule has 6 N–H and O–H groups in total. The Morgan fingerprint density at radius 3 is 2.78 bits per heavy atom. The molecule has 23 heavy (non-hydrogen) atoms. The highest BCUT2D eigenvalue weighted by molar-refractivity contribution is 5.95. The Kier molecular flexibility index (Phi) is 5.49. The first-order valence-electron chi connectivity index (χ1n) is 7.22. The Bertz CT molecular complexity index is 786. The van der Waals surface area contributed by atoms with Crippen molar-refractivity contribution in [3.05, 3.63) is 36.3 Å². The van der Waals surface area contributed by atoms with E-state index in [1.54, 1.807) is 12.4 Å². The van der Waals surface area contributed by atoms with Crippen molar-refractivity contribution in [2.24, 2.45) is 5.73 Å². The average Bonchev–Trinajstić information content (AvgIpc) is 2.96. The van der Waals surface area contributed by atoms with Gasteiger partial charge in [0, 0.05) is 42.1 Å². The molecule has 1 unspecified atom stereocenters. The monoisotopic (exact) mass is 333 g/mol. The summed E-state index contributed by atoms with van der Waals surface area (Å²) in [5, 5.41) is 4.25. The van der Waals surface area contributed by atoms with Gasteiger partial charge in [0.25, 0.3) is 0 Å². The number of pyridine rings is 1. The number of fused-ring (bicyclic) bond motifs is 1. The van der Waals surface area contributed by atoms with Crippen LogP contribution in [0.3, 0.4) is 0 Å². The summed E-state index contributed by atoms with van der Waals surface area (Å²) in [6.45, 7) is 3.64. The second-order valence-electron chi connectivity index (χ2n) is 5.04. The molecule has 122 valence electrons. The normalized spacial score (nSPS) is 12.1. The highest BCUT2D eigenvalue weighted by atomic mass is 35.5. The van der Waals surface area contributed by atoms with Gasteiger partial charge < -0.3 is 21.8 Å². The molecular weight excluding hydrogens is 314 g/mol. The Hall–Kier alpha value is -2.22. The molecule has 3 heterocycles. The number of hydrogen-bond acceptors (Lipinski definition) is 6. The van der Waals surface area contributed by atoms with Gasteiger partial charge in [-0.1, -0.05) is 6.92 Å². The SMILES string of the molecule is CCNCC(N)c1ccnc2[nH]cc(-c3ccnc(N)n3)c12.Cl. The van der Waals surface area contributed by atoms with Crippen LogP contribution < -0.4 is 16.8 Å². The molecule has 3 rings (SSSR count). The van der Waals surface area contributed by atoms with Crippen LogP contribution in [0.1, 0.15) is 18.5 Å². The number of aromatic nitrogens is 4. The molecule has 0 aliphatic carbocycles. The summed E-state index contributed by atoms with van der Waals surface area (Å²) in [7, 11) is 0. The second-order valence-corrected chi connectivity index (χ2v) is 5.04. The molecule has 0 radical (unpaired) electrons. The van der Waals surface area contributed by atoms with E-state index >= 15 is 0 Å². The lowest BCUT2D eigenvalue weighted by atomic mass is 10.0. The molecule has 3 aromatic rings. The van der Waals surface area contributed by atoms with Gasteiger partial charge in [-0.2, -0.15) is 0 Å². The third-order valence-corrected chi connectivity index (χ3v) is 3.57. The van der Waals surface area contributed by atoms with Gasteiger partial charge in [0.1, 0.15) is 5.65 Å². The minimum Gasteiger partial charge on any atom is -0.368 e. The van der Waals surface area contributed by atoms with Gasteiger partial charge in [0.05, 0.1) is 5.69 Å². The highest BCUT2D eigenvalue weighted by Gasteiger charge is 2.16. The Morgan fingerprint density at radius 2 is 2.04 bits per heavy atom. The quantitative estimate of drug-likeness (QED) is 0.563. The van der Waals surface area contributed by atoms with Crippen LogP contribution in [0.25, 0.3) is 22.3 Å². The van der Waals surface area contributed by atoms with E-state index in [4.69, 9.17) is 11.5 Å². The molecule has 0 saturated carbocycles. The molecule has 0 fully saturated rings. The van der Waals surface area contributed by atoms with E-state index in [0.29, 0.717) is 6.54 Å². The summed E-state index contributed by atoms with van der Waals surface area (Å²) < 4.78 is 0. The topological polar surface area (TPSA) is 119 Å². The Morgan fingerprint density at radius 1 is 1.26 bits per heavy atom. The lowest BCUT2D eigenvalue weighted by Gasteiger charge is -2.14. The number of halogens is 1. The Labute approximate surface area is 140 Å². The Balaban J connectivity index is 0.00000192. The van der Waals surface area contributed by atoms with Crippen molar-refractivity contribution in [1.82, 2.24) is 25.3 Å². The number of nitrogens with one attached hydrogen (secondary N) is 2. The highest BCUT2D eigenvalue weighted by Crippen LogP contribution is 2.31. The largest absolute Gasteiger partial charge is 0.368 e. The van der Waals surface area contributed by atoms with Crippen LogP contribution in [-0.2, 0) is 0 Å². The third kappa shape index (κ3) is 3.42. The summed E-state index contributed by atoms with van der Waals surface area (Å²) in [5.74, 6) is 0.245. The fraction of sp³-hybridized carbons (Fsp3) is 0.267. The predicted molar refractivity (Wildman–Crippen MR) is 94.3 cm³/mol. The van der Waals surface area contributed by atoms with Gasteiger partial charge in [-0.3, -0.25) is 0 Å². The molecule has 1 atom stereocenters. The minimum atomic E-state index is -0.126. The van der Waals surface area contributed by atoms with Crippen molar-refractivity contribution in [1.29, 1.82) is 0 Å². The van der Waals surface area contributed by atoms with Crippen LogP contribution in [0.5, 0.6) is 0 Å². The smallest absolute Gasteiger partial charge is 0.220 e. The van der Waals surface area contributed by atoms with E-state index in [9.17, 15) is 0 Å². The van der Waals surface area contributed by atoms with Crippen molar-refractivity contribution in [2.45, 2.75) is 13.0 Å². The average molecular weight is 334 g/mol. The molecule has 0 bridgehead atoms. The van der Waals surface area contributed by atoms with Crippen LogP contribution in [0.2, 0.25) is 0 Å². The zero-order chi connectivity index (χ0) is 15.5. The third-order valence-electron chi connectivity index (χ3n) is 3.57. The van der Waals surface area contributed by atoms with Gasteiger partial charge in [-0.25, -0.2) is 15.0 Å². The number of H-pyrrole nitrogens is 1. The fourth-order valence-corrected chi connectivity index (χ4v) is 2.53. The van der Waals surface area contributed by atoms with E-state index in [1.807, 2.05) is 18.3 Å². The number of rotatable bonds is 5. The first-order chi connectivity index (χ1) is 10.7. The molecule has 8 heteroatoms. The maximum atomic E-state index is 6.32. The van der Waals surface area contributed by atoms with Crippen LogP contribution in [0.15, 0.2) is 30.7 Å². The van der Waals surface area contributed by atoms with E-state index < -0.39 is 0 Å². The fourth-order valence-electron chi connectivity index (χ4n) is 2.53. The van der Waals surface area contributed by atoms with Crippen LogP contribution >= 0.6 is 12.4 Å². The second kappa shape index (κ2) is 7.36. The standard InChI is InChI=1S/C15H19N7.ClH/c1-2-18-8-11(16)9-3-5-19-14-13(9)10(7-21-14)12-4-6-20-15(17)22-12;/h3-7,11,18H,2,8,16H2,1H3,(H,19,21)(H2,17,20,22);1H. The summed E-state index contributed by atoms with van der Waals surface area (Å²) in [6, 6.07) is 3.65. The molecule has 0 spiro atoms. The number of anilines is 1. The van der Waals surface area contributed by atoms with Gasteiger partial charge >= 0.3 is 0 Å². The minimum absolute atomic E-state index is 0. The number of nitrogen functional groups attached to an aromatic ring is 1. The van der Waals surface area contributed by atoms with Crippen molar-refractivity contribution in [2.75, 3.05) is 18.8 Å². The van der Waals surface area contributed by atoms with Crippen molar-refractivity contribution < 1.29 is 0 Å². The van der Waals surface area contributed by atoms with E-state index in [-0.39, 0.29) is 24.4 Å². The lowest BCUT2D eigenvalue weighted by molar-refractivity contribution is 0.618. The van der Waals surface area contributed by atoms with Crippen LogP contribution in [0.4, 0.5) is 5.95 Å². The zero-order valence-electron chi connectivity index (χ0n) is 12.8.